The lowest BCUT2D eigenvalue weighted by Gasteiger charge is -2.11. The van der Waals surface area contributed by atoms with E-state index in [0.717, 1.165) is 22.3 Å². The van der Waals surface area contributed by atoms with E-state index in [-0.39, 0.29) is 0 Å². The molecule has 4 heteroatoms. The van der Waals surface area contributed by atoms with Crippen LogP contribution in [0.3, 0.4) is 0 Å². The molecule has 2 aromatic carbocycles. The summed E-state index contributed by atoms with van der Waals surface area (Å²) in [6.45, 7) is 0. The zero-order valence-electron chi connectivity index (χ0n) is 10.1. The summed E-state index contributed by atoms with van der Waals surface area (Å²) in [5.41, 5.74) is 9.10. The van der Waals surface area contributed by atoms with Crippen molar-refractivity contribution in [3.8, 4) is 0 Å². The number of fused-ring (bicyclic) bond motifs is 1. The molecule has 0 fully saturated rings. The molecule has 3 nitrogen and oxygen atoms in total. The van der Waals surface area contributed by atoms with Crippen LogP contribution in [-0.2, 0) is 0 Å². The Hall–Kier alpha value is -2.26. The second-order valence-electron chi connectivity index (χ2n) is 4.21. The number of hydrogen-bond acceptors (Lipinski definition) is 3. The van der Waals surface area contributed by atoms with E-state index >= 15 is 0 Å². The lowest BCUT2D eigenvalue weighted by atomic mass is 10.2. The number of nitrogens with one attached hydrogen (secondary N) is 1. The van der Waals surface area contributed by atoms with E-state index in [2.05, 4.69) is 10.3 Å². The second-order valence-corrected chi connectivity index (χ2v) is 4.61. The van der Waals surface area contributed by atoms with Gasteiger partial charge in [0, 0.05) is 11.6 Å². The summed E-state index contributed by atoms with van der Waals surface area (Å²) in [6.07, 6.45) is 1.77. The van der Waals surface area contributed by atoms with Crippen LogP contribution in [0, 0.1) is 0 Å². The molecule has 0 saturated heterocycles. The Balaban J connectivity index is 2.09. The van der Waals surface area contributed by atoms with Crippen LogP contribution in [-0.4, -0.2) is 4.98 Å². The van der Waals surface area contributed by atoms with Crippen molar-refractivity contribution < 1.29 is 0 Å². The summed E-state index contributed by atoms with van der Waals surface area (Å²) < 4.78 is 0. The number of aromatic nitrogens is 1. The van der Waals surface area contributed by atoms with Gasteiger partial charge in [-0.05, 0) is 24.3 Å². The molecule has 0 aliphatic rings. The van der Waals surface area contributed by atoms with Crippen molar-refractivity contribution in [1.29, 1.82) is 0 Å². The molecule has 3 rings (SSSR count). The predicted octanol–water partition coefficient (Wildman–Crippen LogP) is 4.21. The molecule has 3 N–H and O–H groups in total. The highest BCUT2D eigenvalue weighted by molar-refractivity contribution is 6.33. The van der Waals surface area contributed by atoms with E-state index in [9.17, 15) is 0 Å². The largest absolute Gasteiger partial charge is 0.396 e. The summed E-state index contributed by atoms with van der Waals surface area (Å²) >= 11 is 6.02. The first kappa shape index (κ1) is 11.8. The molecule has 0 radical (unpaired) electrons. The van der Waals surface area contributed by atoms with Crippen molar-refractivity contribution in [3.63, 3.8) is 0 Å². The minimum atomic E-state index is 0.539. The van der Waals surface area contributed by atoms with Crippen LogP contribution in [0.1, 0.15) is 0 Å². The van der Waals surface area contributed by atoms with Gasteiger partial charge < -0.3 is 11.1 Å². The van der Waals surface area contributed by atoms with Crippen LogP contribution < -0.4 is 11.1 Å². The highest BCUT2D eigenvalue weighted by Crippen LogP contribution is 2.31. The van der Waals surface area contributed by atoms with Gasteiger partial charge in [0.25, 0.3) is 0 Å². The first-order valence-corrected chi connectivity index (χ1v) is 6.28. The van der Waals surface area contributed by atoms with Gasteiger partial charge in [-0.25, -0.2) is 0 Å². The Bertz CT molecular complexity index is 735. The number of benzene rings is 2. The predicted molar refractivity (Wildman–Crippen MR) is 80.9 cm³/mol. The van der Waals surface area contributed by atoms with Crippen LogP contribution in [0.4, 0.5) is 17.1 Å². The first-order valence-electron chi connectivity index (χ1n) is 5.90. The maximum atomic E-state index is 6.02. The van der Waals surface area contributed by atoms with Gasteiger partial charge in [-0.15, -0.1) is 0 Å². The van der Waals surface area contributed by atoms with Crippen LogP contribution in [0.25, 0.3) is 10.9 Å². The number of anilines is 3. The van der Waals surface area contributed by atoms with E-state index in [1.165, 1.54) is 0 Å². The van der Waals surface area contributed by atoms with E-state index in [1.54, 1.807) is 12.3 Å². The van der Waals surface area contributed by atoms with Crippen LogP contribution in [0.5, 0.6) is 0 Å². The summed E-state index contributed by atoms with van der Waals surface area (Å²) in [5, 5.41) is 4.90. The van der Waals surface area contributed by atoms with E-state index in [1.807, 2.05) is 42.5 Å². The standard InChI is InChI=1S/C15H12ClN3/c16-11-6-2-7-12(14(11)17)19-13-8-1-4-10-5-3-9-18-15(10)13/h1-9,19H,17H2. The van der Waals surface area contributed by atoms with Gasteiger partial charge in [-0.2, -0.15) is 0 Å². The number of halogens is 1. The number of nitrogens with two attached hydrogens (primary N) is 1. The maximum absolute atomic E-state index is 6.02. The normalized spacial score (nSPS) is 10.6. The molecule has 0 amide bonds. The van der Waals surface area contributed by atoms with Crippen LogP contribution in [0.2, 0.25) is 5.02 Å². The summed E-state index contributed by atoms with van der Waals surface area (Å²) in [7, 11) is 0. The van der Waals surface area contributed by atoms with Crippen molar-refractivity contribution in [2.45, 2.75) is 0 Å². The molecular weight excluding hydrogens is 258 g/mol. The molecule has 0 bridgehead atoms. The number of nitrogens with zero attached hydrogens (tertiary/aromatic N) is 1. The number of hydrogen-bond donors (Lipinski definition) is 2. The lowest BCUT2D eigenvalue weighted by molar-refractivity contribution is 1.40. The minimum absolute atomic E-state index is 0.539. The minimum Gasteiger partial charge on any atom is -0.396 e. The zero-order valence-corrected chi connectivity index (χ0v) is 10.9. The van der Waals surface area contributed by atoms with Crippen LogP contribution in [0.15, 0.2) is 54.7 Å². The van der Waals surface area contributed by atoms with Gasteiger partial charge in [-0.1, -0.05) is 35.9 Å². The fraction of sp³-hybridized carbons (Fsp3) is 0. The molecule has 94 valence electrons. The van der Waals surface area contributed by atoms with Crippen molar-refractivity contribution >= 4 is 39.6 Å². The Labute approximate surface area is 116 Å². The van der Waals surface area contributed by atoms with Gasteiger partial charge in [0.05, 0.1) is 27.6 Å². The highest BCUT2D eigenvalue weighted by atomic mass is 35.5. The quantitative estimate of drug-likeness (QED) is 0.685. The fourth-order valence-corrected chi connectivity index (χ4v) is 2.17. The number of pyridine rings is 1. The molecule has 0 aliphatic carbocycles. The van der Waals surface area contributed by atoms with E-state index < -0.39 is 0 Å². The zero-order chi connectivity index (χ0) is 13.2. The summed E-state index contributed by atoms with van der Waals surface area (Å²) in [4.78, 5) is 4.39. The SMILES string of the molecule is Nc1c(Cl)cccc1Nc1cccc2cccnc12. The molecule has 0 spiro atoms. The third kappa shape index (κ3) is 2.20. The first-order chi connectivity index (χ1) is 9.25. The Morgan fingerprint density at radius 1 is 0.947 bits per heavy atom. The Kier molecular flexibility index (Phi) is 2.97. The maximum Gasteiger partial charge on any atom is 0.0936 e. The molecule has 0 unspecified atom stereocenters. The molecule has 1 aromatic heterocycles. The van der Waals surface area contributed by atoms with Crippen LogP contribution >= 0.6 is 11.6 Å². The van der Waals surface area contributed by atoms with Gasteiger partial charge >= 0.3 is 0 Å². The average molecular weight is 270 g/mol. The molecule has 0 aliphatic heterocycles. The number of nitrogen functional groups attached to an aromatic ring is 1. The average Bonchev–Trinajstić information content (AvgIpc) is 2.44. The molecule has 0 saturated carbocycles. The van der Waals surface area contributed by atoms with E-state index in [4.69, 9.17) is 17.3 Å². The molecule has 1 heterocycles. The molecule has 19 heavy (non-hydrogen) atoms. The van der Waals surface area contributed by atoms with Gasteiger partial charge in [-0.3, -0.25) is 4.98 Å². The fourth-order valence-electron chi connectivity index (χ4n) is 2.00. The van der Waals surface area contributed by atoms with Gasteiger partial charge in [0.1, 0.15) is 0 Å². The second kappa shape index (κ2) is 4.78. The summed E-state index contributed by atoms with van der Waals surface area (Å²) in [5.74, 6) is 0. The molecule has 3 aromatic rings. The van der Waals surface area contributed by atoms with Crippen molar-refractivity contribution in [1.82, 2.24) is 4.98 Å². The molecule has 0 atom stereocenters. The molecular formula is C15H12ClN3. The van der Waals surface area contributed by atoms with Crippen molar-refractivity contribution in [3.05, 3.63) is 59.8 Å². The van der Waals surface area contributed by atoms with Crippen molar-refractivity contribution in [2.75, 3.05) is 11.1 Å². The number of para-hydroxylation sites is 2. The topological polar surface area (TPSA) is 50.9 Å². The van der Waals surface area contributed by atoms with E-state index in [0.29, 0.717) is 10.7 Å². The lowest BCUT2D eigenvalue weighted by Crippen LogP contribution is -1.98. The smallest absolute Gasteiger partial charge is 0.0936 e. The Morgan fingerprint density at radius 2 is 1.68 bits per heavy atom. The van der Waals surface area contributed by atoms with Gasteiger partial charge in [0.2, 0.25) is 0 Å². The number of rotatable bonds is 2. The third-order valence-electron chi connectivity index (χ3n) is 2.95. The monoisotopic (exact) mass is 269 g/mol. The summed E-state index contributed by atoms with van der Waals surface area (Å²) in [6, 6.07) is 15.4. The Morgan fingerprint density at radius 3 is 2.58 bits per heavy atom. The van der Waals surface area contributed by atoms with Crippen molar-refractivity contribution in [2.24, 2.45) is 0 Å². The third-order valence-corrected chi connectivity index (χ3v) is 3.28. The van der Waals surface area contributed by atoms with Gasteiger partial charge in [0.15, 0.2) is 0 Å². The highest BCUT2D eigenvalue weighted by Gasteiger charge is 2.06.